The van der Waals surface area contributed by atoms with E-state index in [1.54, 1.807) is 0 Å². The first kappa shape index (κ1) is 16.4. The lowest BCUT2D eigenvalue weighted by Crippen LogP contribution is -2.11. The highest BCUT2D eigenvalue weighted by Gasteiger charge is 2.26. The van der Waals surface area contributed by atoms with Crippen molar-refractivity contribution >= 4 is 35.0 Å². The lowest BCUT2D eigenvalue weighted by Gasteiger charge is -2.11. The normalized spacial score (nSPS) is 10.8. The molecule has 2 aromatic carbocycles. The summed E-state index contributed by atoms with van der Waals surface area (Å²) >= 11 is 0. The predicted molar refractivity (Wildman–Crippen MR) is 79.9 cm³/mol. The molecule has 0 bridgehead atoms. The van der Waals surface area contributed by atoms with Crippen LogP contribution in [0.25, 0.3) is 0 Å². The zero-order valence-electron chi connectivity index (χ0n) is 11.6. The third-order valence-electron chi connectivity index (χ3n) is 3.27. The Bertz CT molecular complexity index is 843. The second kappa shape index (κ2) is 6.45. The van der Waals surface area contributed by atoms with E-state index in [-0.39, 0.29) is 34.8 Å². The summed E-state index contributed by atoms with van der Waals surface area (Å²) in [6, 6.07) is 7.56. The number of sulfone groups is 1. The lowest BCUT2D eigenvalue weighted by atomic mass is 10.1. The highest BCUT2D eigenvalue weighted by atomic mass is 32.2. The van der Waals surface area contributed by atoms with Crippen molar-refractivity contribution in [2.75, 3.05) is 0 Å². The second-order valence-electron chi connectivity index (χ2n) is 4.49. The van der Waals surface area contributed by atoms with Crippen molar-refractivity contribution in [3.63, 3.8) is 0 Å². The van der Waals surface area contributed by atoms with Crippen LogP contribution in [0, 0.1) is 0 Å². The Morgan fingerprint density at radius 3 is 1.30 bits per heavy atom. The van der Waals surface area contributed by atoms with Crippen molar-refractivity contribution in [2.45, 2.75) is 9.79 Å². The van der Waals surface area contributed by atoms with Crippen LogP contribution in [0.5, 0.6) is 0 Å². The average Bonchev–Trinajstić information content (AvgIpc) is 2.59. The van der Waals surface area contributed by atoms with Gasteiger partial charge in [0.05, 0.1) is 9.79 Å². The monoisotopic (exact) mass is 330 g/mol. The number of aldehydes is 4. The molecule has 0 N–H and O–H groups in total. The molecule has 0 aliphatic carbocycles. The average molecular weight is 330 g/mol. The van der Waals surface area contributed by atoms with Crippen LogP contribution in [0.4, 0.5) is 0 Å². The Morgan fingerprint density at radius 2 is 1.00 bits per heavy atom. The van der Waals surface area contributed by atoms with E-state index in [0.717, 1.165) is 12.1 Å². The molecule has 0 unspecified atom stereocenters. The molecule has 2 aromatic rings. The van der Waals surface area contributed by atoms with Crippen LogP contribution in [0.15, 0.2) is 46.2 Å². The van der Waals surface area contributed by atoms with Crippen LogP contribution < -0.4 is 0 Å². The fourth-order valence-electron chi connectivity index (χ4n) is 2.17. The van der Waals surface area contributed by atoms with E-state index in [4.69, 9.17) is 0 Å². The predicted octanol–water partition coefficient (Wildman–Crippen LogP) is 1.77. The molecule has 0 saturated heterocycles. The van der Waals surface area contributed by atoms with Crippen molar-refractivity contribution in [1.29, 1.82) is 0 Å². The van der Waals surface area contributed by atoms with Crippen LogP contribution >= 0.6 is 0 Å². The van der Waals surface area contributed by atoms with E-state index < -0.39 is 19.6 Å². The van der Waals surface area contributed by atoms with Gasteiger partial charge in [-0.2, -0.15) is 0 Å². The highest BCUT2D eigenvalue weighted by Crippen LogP contribution is 2.28. The highest BCUT2D eigenvalue weighted by molar-refractivity contribution is 7.91. The third-order valence-corrected chi connectivity index (χ3v) is 5.14. The number of rotatable bonds is 6. The minimum Gasteiger partial charge on any atom is -0.298 e. The fourth-order valence-corrected chi connectivity index (χ4v) is 3.83. The van der Waals surface area contributed by atoms with Crippen LogP contribution in [-0.2, 0) is 9.84 Å². The Hall–Kier alpha value is -2.93. The Kier molecular flexibility index (Phi) is 4.61. The molecule has 0 aliphatic rings. The van der Waals surface area contributed by atoms with Gasteiger partial charge in [0.2, 0.25) is 9.84 Å². The van der Waals surface area contributed by atoms with Gasteiger partial charge in [-0.05, 0) is 12.1 Å². The van der Waals surface area contributed by atoms with Crippen molar-refractivity contribution < 1.29 is 27.6 Å². The molecule has 0 spiro atoms. The molecule has 0 aromatic heterocycles. The second-order valence-corrected chi connectivity index (χ2v) is 6.38. The Labute approximate surface area is 131 Å². The minimum absolute atomic E-state index is 0.0831. The van der Waals surface area contributed by atoms with Gasteiger partial charge in [0.1, 0.15) is 0 Å². The molecule has 0 fully saturated rings. The molecular weight excluding hydrogens is 320 g/mol. The summed E-state index contributed by atoms with van der Waals surface area (Å²) < 4.78 is 25.6. The first-order valence-electron chi connectivity index (χ1n) is 6.33. The van der Waals surface area contributed by atoms with Crippen molar-refractivity contribution in [2.24, 2.45) is 0 Å². The lowest BCUT2D eigenvalue weighted by molar-refractivity contribution is 0.109. The van der Waals surface area contributed by atoms with E-state index in [0.29, 0.717) is 12.6 Å². The molecule has 116 valence electrons. The van der Waals surface area contributed by atoms with Gasteiger partial charge in [0.15, 0.2) is 25.1 Å². The largest absolute Gasteiger partial charge is 0.298 e. The maximum Gasteiger partial charge on any atom is 0.208 e. The molecule has 2 rings (SSSR count). The molecular formula is C16H10O6S. The first-order chi connectivity index (χ1) is 11.0. The number of hydrogen-bond acceptors (Lipinski definition) is 6. The van der Waals surface area contributed by atoms with Gasteiger partial charge >= 0.3 is 0 Å². The van der Waals surface area contributed by atoms with E-state index in [1.165, 1.54) is 24.3 Å². The maximum atomic E-state index is 12.8. The van der Waals surface area contributed by atoms with Crippen molar-refractivity contribution in [1.82, 2.24) is 0 Å². The summed E-state index contributed by atoms with van der Waals surface area (Å²) in [6.45, 7) is 0. The van der Waals surface area contributed by atoms with Crippen molar-refractivity contribution in [3.05, 3.63) is 58.7 Å². The van der Waals surface area contributed by atoms with Crippen molar-refractivity contribution in [3.8, 4) is 0 Å². The minimum atomic E-state index is -4.27. The van der Waals surface area contributed by atoms with Crippen LogP contribution in [0.2, 0.25) is 0 Å². The van der Waals surface area contributed by atoms with Gasteiger partial charge in [0, 0.05) is 22.3 Å². The SMILES string of the molecule is O=Cc1cccc(S(=O)(=O)c2cccc(C=O)c2C=O)c1C=O. The van der Waals surface area contributed by atoms with E-state index >= 15 is 0 Å². The standard InChI is InChI=1S/C16H10O6S/c17-7-11-3-1-5-15(13(11)9-19)23(21,22)16-6-2-4-12(8-18)14(16)10-20/h1-10H. The Balaban J connectivity index is 2.85. The zero-order chi connectivity index (χ0) is 17.0. The molecule has 0 aliphatic heterocycles. The molecule has 23 heavy (non-hydrogen) atoms. The number of carbonyl (C=O) groups is 4. The summed E-state index contributed by atoms with van der Waals surface area (Å²) in [7, 11) is -4.27. The van der Waals surface area contributed by atoms with Gasteiger partial charge in [-0.15, -0.1) is 0 Å². The maximum absolute atomic E-state index is 12.8. The molecule has 6 nitrogen and oxygen atoms in total. The molecule has 7 heteroatoms. The molecule has 0 atom stereocenters. The van der Waals surface area contributed by atoms with E-state index in [1.807, 2.05) is 0 Å². The molecule has 0 saturated carbocycles. The Morgan fingerprint density at radius 1 is 0.609 bits per heavy atom. The van der Waals surface area contributed by atoms with E-state index in [9.17, 15) is 27.6 Å². The number of hydrogen-bond donors (Lipinski definition) is 0. The summed E-state index contributed by atoms with van der Waals surface area (Å²) in [5, 5.41) is 0. The zero-order valence-corrected chi connectivity index (χ0v) is 12.4. The van der Waals surface area contributed by atoms with Crippen LogP contribution in [-0.4, -0.2) is 33.6 Å². The molecule has 0 radical (unpaired) electrons. The molecule has 0 heterocycles. The smallest absolute Gasteiger partial charge is 0.208 e. The number of benzene rings is 2. The van der Waals surface area contributed by atoms with Gasteiger partial charge in [0.25, 0.3) is 0 Å². The quantitative estimate of drug-likeness (QED) is 0.748. The van der Waals surface area contributed by atoms with Crippen LogP contribution in [0.1, 0.15) is 41.4 Å². The van der Waals surface area contributed by atoms with Gasteiger partial charge in [-0.25, -0.2) is 8.42 Å². The summed E-state index contributed by atoms with van der Waals surface area (Å²) in [5.74, 6) is 0. The third kappa shape index (κ3) is 2.74. The van der Waals surface area contributed by atoms with Crippen LogP contribution in [0.3, 0.4) is 0 Å². The van der Waals surface area contributed by atoms with Gasteiger partial charge in [-0.3, -0.25) is 19.2 Å². The number of carbonyl (C=O) groups excluding carboxylic acids is 4. The van der Waals surface area contributed by atoms with Gasteiger partial charge < -0.3 is 0 Å². The van der Waals surface area contributed by atoms with Gasteiger partial charge in [-0.1, -0.05) is 24.3 Å². The first-order valence-corrected chi connectivity index (χ1v) is 7.81. The molecule has 0 amide bonds. The van der Waals surface area contributed by atoms with E-state index in [2.05, 4.69) is 0 Å². The topological polar surface area (TPSA) is 102 Å². The summed E-state index contributed by atoms with van der Waals surface area (Å²) in [4.78, 5) is 43.6. The fraction of sp³-hybridized carbons (Fsp3) is 0. The summed E-state index contributed by atoms with van der Waals surface area (Å²) in [6.07, 6.45) is 1.26. The summed E-state index contributed by atoms with van der Waals surface area (Å²) in [5.41, 5.74) is -0.757.